The molecule has 0 radical (unpaired) electrons. The maximum atomic E-state index is 5.52. The van der Waals surface area contributed by atoms with Crippen LogP contribution in [0.4, 0.5) is 0 Å². The monoisotopic (exact) mass is 252 g/mol. The standard InChI is InChI=1S/C14H24N2O2/c1-14(2,3)15-9-12-10-18-13(16-12)17-8-7-11-5-4-6-11/h10-11,15H,4-9H2,1-3H3. The fourth-order valence-electron chi connectivity index (χ4n) is 1.89. The largest absolute Gasteiger partial charge is 0.450 e. The first kappa shape index (κ1) is 13.4. The SMILES string of the molecule is CC(C)(C)NCc1coc(OCCC2CCC2)n1. The topological polar surface area (TPSA) is 47.3 Å². The molecule has 2 rings (SSSR count). The minimum absolute atomic E-state index is 0.0875. The molecule has 4 nitrogen and oxygen atoms in total. The van der Waals surface area contributed by atoms with E-state index in [1.165, 1.54) is 19.3 Å². The molecule has 0 spiro atoms. The van der Waals surface area contributed by atoms with Crippen LogP contribution in [0.15, 0.2) is 10.7 Å². The molecule has 1 saturated carbocycles. The molecule has 1 fully saturated rings. The van der Waals surface area contributed by atoms with Gasteiger partial charge in [-0.25, -0.2) is 0 Å². The van der Waals surface area contributed by atoms with E-state index in [-0.39, 0.29) is 5.54 Å². The molecule has 18 heavy (non-hydrogen) atoms. The van der Waals surface area contributed by atoms with Gasteiger partial charge >= 0.3 is 6.08 Å². The number of ether oxygens (including phenoxy) is 1. The van der Waals surface area contributed by atoms with Crippen LogP contribution in [0.5, 0.6) is 6.08 Å². The van der Waals surface area contributed by atoms with Crippen LogP contribution in [0.3, 0.4) is 0 Å². The molecule has 0 unspecified atom stereocenters. The first-order valence-electron chi connectivity index (χ1n) is 6.85. The smallest absolute Gasteiger partial charge is 0.393 e. The van der Waals surface area contributed by atoms with E-state index in [1.54, 1.807) is 6.26 Å². The summed E-state index contributed by atoms with van der Waals surface area (Å²) in [5.41, 5.74) is 0.980. The van der Waals surface area contributed by atoms with Gasteiger partial charge in [0.2, 0.25) is 0 Å². The lowest BCUT2D eigenvalue weighted by atomic mass is 9.83. The second-order valence-corrected chi connectivity index (χ2v) is 6.14. The van der Waals surface area contributed by atoms with Crippen molar-refractivity contribution in [2.24, 2.45) is 5.92 Å². The molecule has 0 amide bonds. The molecule has 1 aliphatic rings. The molecule has 1 aromatic heterocycles. The summed E-state index contributed by atoms with van der Waals surface area (Å²) in [5, 5.41) is 3.37. The Balaban J connectivity index is 1.68. The molecule has 0 saturated heterocycles. The van der Waals surface area contributed by atoms with E-state index >= 15 is 0 Å². The molecular formula is C14H24N2O2. The van der Waals surface area contributed by atoms with Crippen LogP contribution in [0, 0.1) is 5.92 Å². The Kier molecular flexibility index (Phi) is 4.27. The van der Waals surface area contributed by atoms with Crippen LogP contribution < -0.4 is 10.1 Å². The summed E-state index contributed by atoms with van der Waals surface area (Å²) in [7, 11) is 0. The highest BCUT2D eigenvalue weighted by atomic mass is 16.6. The molecule has 0 bridgehead atoms. The number of rotatable bonds is 6. The molecule has 1 aromatic rings. The summed E-state index contributed by atoms with van der Waals surface area (Å²) < 4.78 is 10.8. The number of hydrogen-bond donors (Lipinski definition) is 1. The minimum Gasteiger partial charge on any atom is -0.450 e. The van der Waals surface area contributed by atoms with E-state index in [0.29, 0.717) is 12.6 Å². The van der Waals surface area contributed by atoms with Crippen LogP contribution in [0.25, 0.3) is 0 Å². The maximum absolute atomic E-state index is 5.52. The predicted octanol–water partition coefficient (Wildman–Crippen LogP) is 3.13. The van der Waals surface area contributed by atoms with Crippen LogP contribution in [0.2, 0.25) is 0 Å². The van der Waals surface area contributed by atoms with Crippen molar-refractivity contribution >= 4 is 0 Å². The quantitative estimate of drug-likeness (QED) is 0.845. The second kappa shape index (κ2) is 5.74. The number of hydrogen-bond acceptors (Lipinski definition) is 4. The van der Waals surface area contributed by atoms with Crippen LogP contribution >= 0.6 is 0 Å². The Labute approximate surface area is 109 Å². The summed E-state index contributed by atoms with van der Waals surface area (Å²) in [6.07, 6.45) is 7.28. The zero-order chi connectivity index (χ0) is 13.0. The van der Waals surface area contributed by atoms with Gasteiger partial charge in [-0.1, -0.05) is 19.3 Å². The molecule has 102 valence electrons. The lowest BCUT2D eigenvalue weighted by Gasteiger charge is -2.24. The Morgan fingerprint density at radius 1 is 1.44 bits per heavy atom. The van der Waals surface area contributed by atoms with Crippen LogP contribution in [-0.2, 0) is 6.54 Å². The first-order chi connectivity index (χ1) is 8.53. The average molecular weight is 252 g/mol. The molecule has 4 heteroatoms. The minimum atomic E-state index is 0.0875. The van der Waals surface area contributed by atoms with Crippen molar-refractivity contribution in [1.82, 2.24) is 10.3 Å². The van der Waals surface area contributed by atoms with Crippen LogP contribution in [0.1, 0.15) is 52.1 Å². The fraction of sp³-hybridized carbons (Fsp3) is 0.786. The van der Waals surface area contributed by atoms with E-state index < -0.39 is 0 Å². The maximum Gasteiger partial charge on any atom is 0.393 e. The molecule has 1 aliphatic carbocycles. The van der Waals surface area contributed by atoms with Gasteiger partial charge in [0.25, 0.3) is 0 Å². The van der Waals surface area contributed by atoms with E-state index in [2.05, 4.69) is 31.1 Å². The van der Waals surface area contributed by atoms with Gasteiger partial charge in [0.15, 0.2) is 0 Å². The van der Waals surface area contributed by atoms with Crippen molar-refractivity contribution in [2.75, 3.05) is 6.61 Å². The van der Waals surface area contributed by atoms with Crippen molar-refractivity contribution in [3.8, 4) is 6.08 Å². The van der Waals surface area contributed by atoms with Gasteiger partial charge in [-0.15, -0.1) is 0 Å². The molecule has 0 atom stereocenters. The third-order valence-electron chi connectivity index (χ3n) is 3.31. The second-order valence-electron chi connectivity index (χ2n) is 6.14. The van der Waals surface area contributed by atoms with Gasteiger partial charge in [-0.2, -0.15) is 4.98 Å². The summed E-state index contributed by atoms with van der Waals surface area (Å²) in [4.78, 5) is 4.30. The molecule has 0 aromatic carbocycles. The highest BCUT2D eigenvalue weighted by molar-refractivity contribution is 5.00. The molecule has 0 aliphatic heterocycles. The summed E-state index contributed by atoms with van der Waals surface area (Å²) in [6, 6.07) is 0. The fourth-order valence-corrected chi connectivity index (χ4v) is 1.89. The number of nitrogens with zero attached hydrogens (tertiary/aromatic N) is 1. The van der Waals surface area contributed by atoms with E-state index in [9.17, 15) is 0 Å². The van der Waals surface area contributed by atoms with Gasteiger partial charge in [0.05, 0.1) is 12.3 Å². The number of nitrogens with one attached hydrogen (secondary N) is 1. The van der Waals surface area contributed by atoms with E-state index in [0.717, 1.165) is 24.6 Å². The van der Waals surface area contributed by atoms with Gasteiger partial charge in [-0.05, 0) is 33.1 Å². The summed E-state index contributed by atoms with van der Waals surface area (Å²) in [6.45, 7) is 7.81. The third-order valence-corrected chi connectivity index (χ3v) is 3.31. The Hall–Kier alpha value is -1.03. The Morgan fingerprint density at radius 3 is 2.83 bits per heavy atom. The van der Waals surface area contributed by atoms with Gasteiger partial charge in [0, 0.05) is 12.1 Å². The van der Waals surface area contributed by atoms with Crippen molar-refractivity contribution in [3.63, 3.8) is 0 Å². The molecular weight excluding hydrogens is 228 g/mol. The van der Waals surface area contributed by atoms with Crippen molar-refractivity contribution in [2.45, 2.75) is 58.5 Å². The van der Waals surface area contributed by atoms with Crippen molar-refractivity contribution in [1.29, 1.82) is 0 Å². The zero-order valence-corrected chi connectivity index (χ0v) is 11.7. The van der Waals surface area contributed by atoms with Gasteiger partial charge in [0.1, 0.15) is 6.26 Å². The molecule has 1 N–H and O–H groups in total. The lowest BCUT2D eigenvalue weighted by molar-refractivity contribution is 0.183. The summed E-state index contributed by atoms with van der Waals surface area (Å²) in [5.74, 6) is 0.863. The van der Waals surface area contributed by atoms with E-state index in [1.807, 2.05) is 0 Å². The lowest BCUT2D eigenvalue weighted by Crippen LogP contribution is -2.35. The normalized spacial score (nSPS) is 16.6. The molecule has 1 heterocycles. The van der Waals surface area contributed by atoms with Gasteiger partial charge in [-0.3, -0.25) is 0 Å². The predicted molar refractivity (Wildman–Crippen MR) is 70.5 cm³/mol. The van der Waals surface area contributed by atoms with Crippen molar-refractivity contribution in [3.05, 3.63) is 12.0 Å². The Bertz CT molecular complexity index is 364. The van der Waals surface area contributed by atoms with Gasteiger partial charge < -0.3 is 14.5 Å². The Morgan fingerprint density at radius 2 is 2.22 bits per heavy atom. The van der Waals surface area contributed by atoms with Crippen LogP contribution in [-0.4, -0.2) is 17.1 Å². The zero-order valence-electron chi connectivity index (χ0n) is 11.7. The average Bonchev–Trinajstić information content (AvgIpc) is 2.66. The highest BCUT2D eigenvalue weighted by Gasteiger charge is 2.17. The third kappa shape index (κ3) is 4.33. The number of aromatic nitrogens is 1. The first-order valence-corrected chi connectivity index (χ1v) is 6.85. The summed E-state index contributed by atoms with van der Waals surface area (Å²) >= 11 is 0. The van der Waals surface area contributed by atoms with Crippen molar-refractivity contribution < 1.29 is 9.15 Å². The highest BCUT2D eigenvalue weighted by Crippen LogP contribution is 2.29. The number of oxazole rings is 1. The van der Waals surface area contributed by atoms with E-state index in [4.69, 9.17) is 9.15 Å².